The minimum atomic E-state index is -1.63. The van der Waals surface area contributed by atoms with Crippen LogP contribution in [0, 0.1) is 0 Å². The molecule has 0 saturated heterocycles. The van der Waals surface area contributed by atoms with E-state index < -0.39 is 9.93 Å². The molecule has 0 aliphatic carbocycles. The molecule has 0 amide bonds. The third-order valence-electron chi connectivity index (χ3n) is 1.36. The zero-order valence-corrected chi connectivity index (χ0v) is 9.69. The van der Waals surface area contributed by atoms with Crippen LogP contribution >= 0.6 is 0 Å². The monoisotopic (exact) mass is 248 g/mol. The first kappa shape index (κ1) is 11.8. The molecule has 0 N–H and O–H groups in total. The summed E-state index contributed by atoms with van der Waals surface area (Å²) in [7, 11) is -1.63. The van der Waals surface area contributed by atoms with Gasteiger partial charge in [-0.15, -0.1) is 4.21 Å². The molecule has 0 spiro atoms. The lowest BCUT2D eigenvalue weighted by Crippen LogP contribution is -3.00. The highest BCUT2D eigenvalue weighted by molar-refractivity contribution is 8.00. The van der Waals surface area contributed by atoms with Crippen LogP contribution in [0.25, 0.3) is 0 Å². The van der Waals surface area contributed by atoms with E-state index in [4.69, 9.17) is 0 Å². The van der Waals surface area contributed by atoms with Gasteiger partial charge in [-0.25, -0.2) is 0 Å². The minimum absolute atomic E-state index is 0. The van der Waals surface area contributed by atoms with E-state index >= 15 is 0 Å². The average molecular weight is 249 g/mol. The quantitative estimate of drug-likeness (QED) is 0.611. The summed E-state index contributed by atoms with van der Waals surface area (Å²) >= 11 is 0. The van der Waals surface area contributed by atoms with E-state index in [0.717, 1.165) is 5.56 Å². The van der Waals surface area contributed by atoms with Crippen LogP contribution in [0.4, 0.5) is 0 Å². The van der Waals surface area contributed by atoms with Crippen LogP contribution in [0.15, 0.2) is 30.3 Å². The van der Waals surface area contributed by atoms with Crippen LogP contribution in [0.5, 0.6) is 0 Å². The first-order chi connectivity index (χ1) is 5.08. The molecule has 0 fully saturated rings. The third kappa shape index (κ3) is 4.67. The lowest BCUT2D eigenvalue weighted by Gasteiger charge is -1.99. The molecule has 1 aromatic carbocycles. The third-order valence-corrected chi connectivity index (χ3v) is 2.39. The Bertz CT molecular complexity index is 265. The van der Waals surface area contributed by atoms with Gasteiger partial charge in [-0.2, -0.15) is 0 Å². The van der Waals surface area contributed by atoms with Crippen LogP contribution in [0.1, 0.15) is 5.56 Å². The smallest absolute Gasteiger partial charge is 0.136 e. The summed E-state index contributed by atoms with van der Waals surface area (Å²) in [6.07, 6.45) is 3.58. The molecule has 1 rings (SSSR count). The van der Waals surface area contributed by atoms with E-state index in [0.29, 0.717) is 5.75 Å². The lowest BCUT2D eigenvalue weighted by atomic mass is 10.2. The Hall–Kier alpha value is -0.150. The van der Waals surface area contributed by atoms with Crippen molar-refractivity contribution in [3.63, 3.8) is 0 Å². The van der Waals surface area contributed by atoms with E-state index in [1.807, 2.05) is 30.3 Å². The average Bonchev–Trinajstić information content (AvgIpc) is 1.85. The second-order valence-electron chi connectivity index (χ2n) is 3.07. The van der Waals surface area contributed by atoms with Crippen molar-refractivity contribution in [2.24, 2.45) is 0 Å². The Balaban J connectivity index is 0.00000121. The van der Waals surface area contributed by atoms with Gasteiger partial charge in [0.2, 0.25) is 0 Å². The molecule has 68 valence electrons. The van der Waals surface area contributed by atoms with Crippen molar-refractivity contribution < 1.29 is 21.2 Å². The predicted octanol–water partition coefficient (Wildman–Crippen LogP) is -1.05. The molecule has 1 aromatic rings. The van der Waals surface area contributed by atoms with Gasteiger partial charge in [0.25, 0.3) is 0 Å². The normalized spacial score (nSPS) is 10.5. The number of rotatable bonds is 2. The fourth-order valence-corrected chi connectivity index (χ4v) is 1.97. The van der Waals surface area contributed by atoms with Crippen LogP contribution in [0.3, 0.4) is 0 Å². The zero-order chi connectivity index (χ0) is 8.32. The number of halogens is 1. The van der Waals surface area contributed by atoms with E-state index in [9.17, 15) is 4.21 Å². The van der Waals surface area contributed by atoms with Gasteiger partial charge in [0.15, 0.2) is 0 Å². The molecular formula is C9H13BrOS. The molecule has 12 heavy (non-hydrogen) atoms. The van der Waals surface area contributed by atoms with Gasteiger partial charge < -0.3 is 17.0 Å². The van der Waals surface area contributed by atoms with Crippen LogP contribution in [-0.4, -0.2) is 12.5 Å². The molecule has 0 aliphatic rings. The van der Waals surface area contributed by atoms with Crippen molar-refractivity contribution in [3.8, 4) is 0 Å². The van der Waals surface area contributed by atoms with Crippen molar-refractivity contribution in [3.05, 3.63) is 35.9 Å². The molecule has 0 saturated carbocycles. The molecule has 0 aromatic heterocycles. The van der Waals surface area contributed by atoms with Crippen LogP contribution in [-0.2, 0) is 19.9 Å². The zero-order valence-electron chi connectivity index (χ0n) is 7.29. The number of benzene rings is 1. The molecule has 3 heteroatoms. The van der Waals surface area contributed by atoms with Gasteiger partial charge in [-0.3, -0.25) is 0 Å². The maximum Gasteiger partial charge on any atom is 0.136 e. The fourth-order valence-electron chi connectivity index (χ4n) is 0.976. The molecule has 0 bridgehead atoms. The summed E-state index contributed by atoms with van der Waals surface area (Å²) in [6.45, 7) is 0. The highest BCUT2D eigenvalue weighted by Gasteiger charge is 2.12. The molecule has 0 heterocycles. The first-order valence-electron chi connectivity index (χ1n) is 3.54. The second kappa shape index (κ2) is 4.77. The Kier molecular flexibility index (Phi) is 4.71. The van der Waals surface area contributed by atoms with Crippen molar-refractivity contribution in [2.45, 2.75) is 5.75 Å². The summed E-state index contributed by atoms with van der Waals surface area (Å²) in [5.41, 5.74) is 1.16. The SMILES string of the molecule is C[S+](C)(=O)Cc1ccccc1.[Br-]. The standard InChI is InChI=1S/C9H13OS.BrH/c1-11(2,10)8-9-6-4-3-5-7-9;/h3-7H,8H2,1-2H3;1H/q+1;/p-1. The molecule has 0 radical (unpaired) electrons. The highest BCUT2D eigenvalue weighted by atomic mass is 79.9. The highest BCUT2D eigenvalue weighted by Crippen LogP contribution is 2.07. The van der Waals surface area contributed by atoms with Gasteiger partial charge in [-0.1, -0.05) is 30.3 Å². The maximum atomic E-state index is 11.4. The van der Waals surface area contributed by atoms with E-state index in [1.54, 1.807) is 12.5 Å². The fraction of sp³-hybridized carbons (Fsp3) is 0.333. The second-order valence-corrected chi connectivity index (χ2v) is 6.23. The summed E-state index contributed by atoms with van der Waals surface area (Å²) < 4.78 is 11.4. The summed E-state index contributed by atoms with van der Waals surface area (Å²) in [5.74, 6) is 0.688. The van der Waals surface area contributed by atoms with Crippen molar-refractivity contribution in [1.82, 2.24) is 0 Å². The summed E-state index contributed by atoms with van der Waals surface area (Å²) in [5, 5.41) is 0. The Morgan fingerprint density at radius 3 is 2.08 bits per heavy atom. The summed E-state index contributed by atoms with van der Waals surface area (Å²) in [6, 6.07) is 9.93. The minimum Gasteiger partial charge on any atom is -1.00 e. The molecular weight excluding hydrogens is 236 g/mol. The number of hydrogen-bond donors (Lipinski definition) is 0. The molecule has 1 nitrogen and oxygen atoms in total. The first-order valence-corrected chi connectivity index (χ1v) is 6.08. The van der Waals surface area contributed by atoms with Gasteiger partial charge in [-0.05, 0) is 0 Å². The Morgan fingerprint density at radius 1 is 1.17 bits per heavy atom. The number of hydrogen-bond acceptors (Lipinski definition) is 1. The van der Waals surface area contributed by atoms with E-state index in [2.05, 4.69) is 0 Å². The Labute approximate surface area is 85.4 Å². The lowest BCUT2D eigenvalue weighted by molar-refractivity contribution is -0.00000391. The van der Waals surface area contributed by atoms with Gasteiger partial charge in [0, 0.05) is 5.56 Å². The topological polar surface area (TPSA) is 17.1 Å². The summed E-state index contributed by atoms with van der Waals surface area (Å²) in [4.78, 5) is 0. The van der Waals surface area contributed by atoms with Crippen molar-refractivity contribution in [1.29, 1.82) is 0 Å². The molecule has 0 aliphatic heterocycles. The molecule has 0 unspecified atom stereocenters. The van der Waals surface area contributed by atoms with Gasteiger partial charge >= 0.3 is 0 Å². The Morgan fingerprint density at radius 2 is 1.67 bits per heavy atom. The van der Waals surface area contributed by atoms with Gasteiger partial charge in [0.1, 0.15) is 18.3 Å². The van der Waals surface area contributed by atoms with Crippen molar-refractivity contribution >= 4 is 9.93 Å². The van der Waals surface area contributed by atoms with Crippen molar-refractivity contribution in [2.75, 3.05) is 12.5 Å². The largest absolute Gasteiger partial charge is 1.00 e. The van der Waals surface area contributed by atoms with Gasteiger partial charge in [0.05, 0.1) is 9.93 Å². The van der Waals surface area contributed by atoms with E-state index in [1.165, 1.54) is 0 Å². The van der Waals surface area contributed by atoms with E-state index in [-0.39, 0.29) is 17.0 Å². The van der Waals surface area contributed by atoms with Crippen LogP contribution < -0.4 is 17.0 Å². The van der Waals surface area contributed by atoms with Crippen LogP contribution in [0.2, 0.25) is 0 Å². The molecule has 0 atom stereocenters. The predicted molar refractivity (Wildman–Crippen MR) is 50.0 cm³/mol. The maximum absolute atomic E-state index is 11.4.